The summed E-state index contributed by atoms with van der Waals surface area (Å²) in [5.41, 5.74) is 0.335. The second kappa shape index (κ2) is 9.62. The van der Waals surface area contributed by atoms with E-state index in [0.717, 1.165) is 18.7 Å². The van der Waals surface area contributed by atoms with E-state index in [1.165, 1.54) is 12.1 Å². The largest absolute Gasteiger partial charge is 0.573 e. The van der Waals surface area contributed by atoms with Crippen LogP contribution < -0.4 is 26.0 Å². The van der Waals surface area contributed by atoms with Crippen LogP contribution in [-0.4, -0.2) is 42.0 Å². The lowest BCUT2D eigenvalue weighted by Crippen LogP contribution is -2.32. The number of anilines is 3. The molecule has 1 aromatic carbocycles. The molecule has 2 amide bonds. The van der Waals surface area contributed by atoms with Crippen LogP contribution in [0.2, 0.25) is 0 Å². The molecule has 8 nitrogen and oxygen atoms in total. The Kier molecular flexibility index (Phi) is 7.24. The van der Waals surface area contributed by atoms with Crippen LogP contribution in [0.15, 0.2) is 30.3 Å². The molecule has 11 heteroatoms. The predicted octanol–water partition coefficient (Wildman–Crippen LogP) is 3.35. The fourth-order valence-electron chi connectivity index (χ4n) is 2.21. The first-order valence-corrected chi connectivity index (χ1v) is 8.49. The second-order valence-corrected chi connectivity index (χ2v) is 5.60. The van der Waals surface area contributed by atoms with Crippen molar-refractivity contribution in [2.45, 2.75) is 20.2 Å². The molecule has 0 saturated heterocycles. The van der Waals surface area contributed by atoms with Crippen LogP contribution in [0.1, 0.15) is 12.7 Å². The molecule has 1 aromatic heterocycles. The van der Waals surface area contributed by atoms with E-state index in [9.17, 15) is 18.0 Å². The molecule has 4 N–H and O–H groups in total. The Labute approximate surface area is 159 Å². The molecule has 0 aliphatic rings. The average molecular weight is 398 g/mol. The van der Waals surface area contributed by atoms with E-state index in [0.29, 0.717) is 36.2 Å². The molecule has 0 fully saturated rings. The third-order valence-electron chi connectivity index (χ3n) is 3.26. The van der Waals surface area contributed by atoms with Gasteiger partial charge in [0.25, 0.3) is 0 Å². The van der Waals surface area contributed by atoms with E-state index in [1.807, 2.05) is 6.92 Å². The molecule has 0 aliphatic heterocycles. The first kappa shape index (κ1) is 21.1. The van der Waals surface area contributed by atoms with Crippen molar-refractivity contribution in [2.24, 2.45) is 0 Å². The number of amides is 2. The van der Waals surface area contributed by atoms with Gasteiger partial charge in [-0.15, -0.1) is 13.2 Å². The predicted molar refractivity (Wildman–Crippen MR) is 99.6 cm³/mol. The Morgan fingerprint density at radius 3 is 2.32 bits per heavy atom. The molecular formula is C17H21F3N6O2. The van der Waals surface area contributed by atoms with Crippen LogP contribution in [0.4, 0.5) is 35.3 Å². The van der Waals surface area contributed by atoms with Crippen molar-refractivity contribution in [3.05, 3.63) is 36.2 Å². The van der Waals surface area contributed by atoms with Crippen LogP contribution in [0.3, 0.4) is 0 Å². The molecule has 0 unspecified atom stereocenters. The minimum Gasteiger partial charge on any atom is -0.406 e. The average Bonchev–Trinajstić information content (AvgIpc) is 2.59. The summed E-state index contributed by atoms with van der Waals surface area (Å²) in [4.78, 5) is 20.3. The summed E-state index contributed by atoms with van der Waals surface area (Å²) in [6, 6.07) is 6.13. The maximum absolute atomic E-state index is 12.1. The fraction of sp³-hybridized carbons (Fsp3) is 0.353. The molecule has 0 saturated carbocycles. The summed E-state index contributed by atoms with van der Waals surface area (Å²) >= 11 is 0. The van der Waals surface area contributed by atoms with E-state index in [1.54, 1.807) is 13.0 Å². The van der Waals surface area contributed by atoms with Crippen LogP contribution in [-0.2, 0) is 0 Å². The van der Waals surface area contributed by atoms with Crippen molar-refractivity contribution in [3.8, 4) is 5.75 Å². The molecule has 28 heavy (non-hydrogen) atoms. The number of aromatic nitrogens is 2. The third-order valence-corrected chi connectivity index (χ3v) is 3.26. The zero-order valence-electron chi connectivity index (χ0n) is 15.4. The summed E-state index contributed by atoms with van der Waals surface area (Å²) in [5.74, 6) is 1.59. The highest BCUT2D eigenvalue weighted by molar-refractivity contribution is 5.89. The molecule has 0 aliphatic carbocycles. The number of rotatable bonds is 8. The van der Waals surface area contributed by atoms with Crippen molar-refractivity contribution in [2.75, 3.05) is 35.6 Å². The molecule has 0 bridgehead atoms. The van der Waals surface area contributed by atoms with Gasteiger partial charge in [0.2, 0.25) is 0 Å². The van der Waals surface area contributed by atoms with Crippen molar-refractivity contribution in [1.29, 1.82) is 0 Å². The van der Waals surface area contributed by atoms with E-state index < -0.39 is 12.4 Å². The van der Waals surface area contributed by atoms with Gasteiger partial charge in [0.15, 0.2) is 0 Å². The molecule has 2 aromatic rings. The lowest BCUT2D eigenvalue weighted by molar-refractivity contribution is -0.274. The maximum atomic E-state index is 12.1. The monoisotopic (exact) mass is 398 g/mol. The maximum Gasteiger partial charge on any atom is 0.573 e. The molecule has 152 valence electrons. The number of hydrogen-bond donors (Lipinski definition) is 4. The van der Waals surface area contributed by atoms with Crippen molar-refractivity contribution < 1.29 is 22.7 Å². The van der Waals surface area contributed by atoms with Crippen LogP contribution >= 0.6 is 0 Å². The van der Waals surface area contributed by atoms with Crippen LogP contribution in [0.25, 0.3) is 0 Å². The number of nitrogens with one attached hydrogen (secondary N) is 4. The zero-order chi connectivity index (χ0) is 20.6. The van der Waals surface area contributed by atoms with Gasteiger partial charge in [0.1, 0.15) is 23.2 Å². The van der Waals surface area contributed by atoms with Crippen molar-refractivity contribution in [3.63, 3.8) is 0 Å². The van der Waals surface area contributed by atoms with Crippen LogP contribution in [0, 0.1) is 6.92 Å². The Balaban J connectivity index is 1.74. The number of aryl methyl sites for hydroxylation is 1. The Hall–Kier alpha value is -3.24. The van der Waals surface area contributed by atoms with Gasteiger partial charge in [-0.2, -0.15) is 0 Å². The molecular weight excluding hydrogens is 377 g/mol. The first-order chi connectivity index (χ1) is 13.2. The number of alkyl halides is 3. The van der Waals surface area contributed by atoms with Gasteiger partial charge in [0.05, 0.1) is 0 Å². The van der Waals surface area contributed by atoms with Crippen molar-refractivity contribution >= 4 is 23.4 Å². The Morgan fingerprint density at radius 1 is 1.07 bits per heavy atom. The van der Waals surface area contributed by atoms with Gasteiger partial charge in [-0.3, -0.25) is 0 Å². The van der Waals surface area contributed by atoms with E-state index >= 15 is 0 Å². The van der Waals surface area contributed by atoms with Crippen LogP contribution in [0.5, 0.6) is 5.75 Å². The number of halogens is 3. The highest BCUT2D eigenvalue weighted by Crippen LogP contribution is 2.23. The molecule has 0 spiro atoms. The number of ether oxygens (including phenoxy) is 1. The lowest BCUT2D eigenvalue weighted by Gasteiger charge is -2.11. The smallest absolute Gasteiger partial charge is 0.406 e. The van der Waals surface area contributed by atoms with Gasteiger partial charge in [-0.1, -0.05) is 0 Å². The number of urea groups is 1. The SMILES string of the molecule is CCNc1cc(NCCNC(=O)Nc2ccc(OC(F)(F)F)cc2)nc(C)n1. The van der Waals surface area contributed by atoms with E-state index in [4.69, 9.17) is 0 Å². The third kappa shape index (κ3) is 7.56. The van der Waals surface area contributed by atoms with E-state index in [-0.39, 0.29) is 5.75 Å². The summed E-state index contributed by atoms with van der Waals surface area (Å²) in [7, 11) is 0. The Morgan fingerprint density at radius 2 is 1.71 bits per heavy atom. The zero-order valence-corrected chi connectivity index (χ0v) is 15.4. The van der Waals surface area contributed by atoms with Gasteiger partial charge in [-0.25, -0.2) is 14.8 Å². The molecule has 2 rings (SSSR count). The number of hydrogen-bond acceptors (Lipinski definition) is 6. The minimum absolute atomic E-state index is 0.306. The fourth-order valence-corrected chi connectivity index (χ4v) is 2.21. The first-order valence-electron chi connectivity index (χ1n) is 8.49. The van der Waals surface area contributed by atoms with Gasteiger partial charge >= 0.3 is 12.4 Å². The number of carbonyl (C=O) groups excluding carboxylic acids is 1. The lowest BCUT2D eigenvalue weighted by atomic mass is 10.3. The topological polar surface area (TPSA) is 100 Å². The highest BCUT2D eigenvalue weighted by Gasteiger charge is 2.30. The quantitative estimate of drug-likeness (QED) is 0.509. The second-order valence-electron chi connectivity index (χ2n) is 5.60. The van der Waals surface area contributed by atoms with Gasteiger partial charge in [0, 0.05) is 31.4 Å². The standard InChI is InChI=1S/C17H21F3N6O2/c1-3-21-14-10-15(25-11(2)24-14)22-8-9-23-16(27)26-12-4-6-13(7-5-12)28-17(18,19)20/h4-7,10H,3,8-9H2,1-2H3,(H2,23,26,27)(H2,21,22,24,25). The minimum atomic E-state index is -4.76. The Bertz CT molecular complexity index is 783. The highest BCUT2D eigenvalue weighted by atomic mass is 19.4. The number of benzene rings is 1. The summed E-state index contributed by atoms with van der Waals surface area (Å²) in [5, 5.41) is 11.3. The van der Waals surface area contributed by atoms with E-state index in [2.05, 4.69) is 36.0 Å². The number of nitrogens with zero attached hydrogens (tertiary/aromatic N) is 2. The van der Waals surface area contributed by atoms with Gasteiger partial charge in [-0.05, 0) is 38.1 Å². The van der Waals surface area contributed by atoms with Gasteiger partial charge < -0.3 is 26.0 Å². The van der Waals surface area contributed by atoms with Crippen molar-refractivity contribution in [1.82, 2.24) is 15.3 Å². The molecule has 0 radical (unpaired) electrons. The summed E-state index contributed by atoms with van der Waals surface area (Å²) < 4.78 is 40.1. The summed E-state index contributed by atoms with van der Waals surface area (Å²) in [6.07, 6.45) is -4.76. The normalized spacial score (nSPS) is 10.9. The number of carbonyl (C=O) groups is 1. The molecule has 1 heterocycles. The summed E-state index contributed by atoms with van der Waals surface area (Å²) in [6.45, 7) is 5.21. The molecule has 0 atom stereocenters.